The van der Waals surface area contributed by atoms with Crippen molar-refractivity contribution in [3.63, 3.8) is 0 Å². The maximum Gasteiger partial charge on any atom is 0.335 e. The van der Waals surface area contributed by atoms with Gasteiger partial charge in [0.25, 0.3) is 0 Å². The van der Waals surface area contributed by atoms with Crippen LogP contribution in [0.25, 0.3) is 0 Å². The van der Waals surface area contributed by atoms with E-state index >= 15 is 0 Å². The molecule has 1 aromatic carbocycles. The Morgan fingerprint density at radius 2 is 2.00 bits per heavy atom. The van der Waals surface area contributed by atoms with Crippen LogP contribution in [0.4, 0.5) is 0 Å². The number of carboxylic acid groups (broad SMARTS) is 1. The van der Waals surface area contributed by atoms with Gasteiger partial charge in [0.2, 0.25) is 5.91 Å². The summed E-state index contributed by atoms with van der Waals surface area (Å²) in [5.74, 6) is -1.12. The van der Waals surface area contributed by atoms with E-state index in [1.54, 1.807) is 17.5 Å². The summed E-state index contributed by atoms with van der Waals surface area (Å²) in [6, 6.07) is 6.40. The lowest BCUT2D eigenvalue weighted by atomic mass is 10.1. The Balaban J connectivity index is 2.50. The van der Waals surface area contributed by atoms with Gasteiger partial charge < -0.3 is 10.4 Å². The fraction of sp³-hybridized carbons (Fsp3) is 0.167. The Morgan fingerprint density at radius 1 is 1.35 bits per heavy atom. The van der Waals surface area contributed by atoms with Crippen molar-refractivity contribution in [2.24, 2.45) is 0 Å². The molecule has 1 aromatic rings. The normalized spacial score (nSPS) is 10.4. The van der Waals surface area contributed by atoms with Gasteiger partial charge in [0.15, 0.2) is 0 Å². The number of hydrogen-bond donors (Lipinski definition) is 2. The average Bonchev–Trinajstić information content (AvgIpc) is 2.34. The highest BCUT2D eigenvalue weighted by molar-refractivity contribution is 8.01. The molecular weight excluding hydrogens is 238 g/mol. The molecule has 2 N–H and O–H groups in total. The Bertz CT molecular complexity index is 426. The van der Waals surface area contributed by atoms with E-state index in [1.165, 1.54) is 30.0 Å². The fourth-order valence-corrected chi connectivity index (χ4v) is 1.40. The standard InChI is InChI=1S/C12H13NO3S/c1-17-7-6-11(14)13-8-9-2-4-10(5-3-9)12(15)16/h2-7H,8H2,1H3,(H,13,14)(H,15,16). The third-order valence-corrected chi connectivity index (χ3v) is 2.43. The lowest BCUT2D eigenvalue weighted by Gasteiger charge is -2.02. The maximum atomic E-state index is 11.2. The number of rotatable bonds is 5. The van der Waals surface area contributed by atoms with Gasteiger partial charge in [-0.25, -0.2) is 4.79 Å². The SMILES string of the molecule is CSC=CC(=O)NCc1ccc(C(=O)O)cc1. The Kier molecular flexibility index (Phi) is 5.29. The first-order valence-corrected chi connectivity index (χ1v) is 6.21. The summed E-state index contributed by atoms with van der Waals surface area (Å²) in [6.07, 6.45) is 3.32. The molecule has 0 spiro atoms. The number of carboxylic acids is 1. The van der Waals surface area contributed by atoms with Gasteiger partial charge >= 0.3 is 5.97 Å². The largest absolute Gasteiger partial charge is 0.478 e. The van der Waals surface area contributed by atoms with Crippen LogP contribution in [0, 0.1) is 0 Å². The first-order chi connectivity index (χ1) is 8.13. The maximum absolute atomic E-state index is 11.2. The van der Waals surface area contributed by atoms with Crippen LogP contribution in [0.5, 0.6) is 0 Å². The van der Waals surface area contributed by atoms with Crippen LogP contribution >= 0.6 is 11.8 Å². The number of carbonyl (C=O) groups is 2. The van der Waals surface area contributed by atoms with Gasteiger partial charge in [-0.1, -0.05) is 12.1 Å². The molecule has 0 bridgehead atoms. The van der Waals surface area contributed by atoms with Gasteiger partial charge in [-0.2, -0.15) is 0 Å². The number of benzene rings is 1. The smallest absolute Gasteiger partial charge is 0.335 e. The quantitative estimate of drug-likeness (QED) is 0.784. The molecule has 0 unspecified atom stereocenters. The molecule has 17 heavy (non-hydrogen) atoms. The summed E-state index contributed by atoms with van der Waals surface area (Å²) in [5.41, 5.74) is 1.10. The van der Waals surface area contributed by atoms with Crippen LogP contribution < -0.4 is 5.32 Å². The van der Waals surface area contributed by atoms with E-state index in [9.17, 15) is 9.59 Å². The summed E-state index contributed by atoms with van der Waals surface area (Å²) in [7, 11) is 0. The van der Waals surface area contributed by atoms with Crippen LogP contribution in [-0.2, 0) is 11.3 Å². The second-order valence-corrected chi connectivity index (χ2v) is 4.00. The Hall–Kier alpha value is -1.75. The third-order valence-electron chi connectivity index (χ3n) is 2.02. The van der Waals surface area contributed by atoms with Crippen LogP contribution in [-0.4, -0.2) is 23.2 Å². The van der Waals surface area contributed by atoms with Gasteiger partial charge in [0.1, 0.15) is 0 Å². The molecule has 0 radical (unpaired) electrons. The van der Waals surface area contributed by atoms with Gasteiger partial charge in [-0.3, -0.25) is 4.79 Å². The predicted octanol–water partition coefficient (Wildman–Crippen LogP) is 1.88. The number of thioether (sulfide) groups is 1. The summed E-state index contributed by atoms with van der Waals surface area (Å²) in [5, 5.41) is 13.1. The minimum atomic E-state index is -0.955. The number of carbonyl (C=O) groups excluding carboxylic acids is 1. The third kappa shape index (κ3) is 4.74. The first kappa shape index (κ1) is 13.3. The number of hydrogen-bond acceptors (Lipinski definition) is 3. The minimum absolute atomic E-state index is 0.165. The van der Waals surface area contributed by atoms with Crippen molar-refractivity contribution >= 4 is 23.6 Å². The van der Waals surface area contributed by atoms with Crippen LogP contribution in [0.15, 0.2) is 35.7 Å². The number of aromatic carboxylic acids is 1. The van der Waals surface area contributed by atoms with Crippen molar-refractivity contribution in [1.29, 1.82) is 0 Å². The van der Waals surface area contributed by atoms with E-state index in [0.717, 1.165) is 5.56 Å². The molecule has 0 atom stereocenters. The van der Waals surface area contributed by atoms with E-state index in [2.05, 4.69) is 5.32 Å². The van der Waals surface area contributed by atoms with Crippen molar-refractivity contribution in [2.45, 2.75) is 6.54 Å². The zero-order chi connectivity index (χ0) is 12.7. The molecule has 0 aromatic heterocycles. The van der Waals surface area contributed by atoms with E-state index in [0.29, 0.717) is 6.54 Å². The first-order valence-electron chi connectivity index (χ1n) is 4.93. The summed E-state index contributed by atoms with van der Waals surface area (Å²) in [6.45, 7) is 0.386. The molecule has 0 aliphatic heterocycles. The molecule has 90 valence electrons. The van der Waals surface area contributed by atoms with Crippen molar-refractivity contribution in [3.05, 3.63) is 46.9 Å². The van der Waals surface area contributed by atoms with E-state index in [4.69, 9.17) is 5.11 Å². The van der Waals surface area contributed by atoms with Crippen molar-refractivity contribution in [1.82, 2.24) is 5.32 Å². The molecule has 4 nitrogen and oxygen atoms in total. The van der Waals surface area contributed by atoms with Gasteiger partial charge in [0, 0.05) is 12.6 Å². The number of amides is 1. The van der Waals surface area contributed by atoms with Crippen LogP contribution in [0.1, 0.15) is 15.9 Å². The molecule has 0 saturated heterocycles. The zero-order valence-corrected chi connectivity index (χ0v) is 10.2. The summed E-state index contributed by atoms with van der Waals surface area (Å²) in [4.78, 5) is 21.9. The molecule has 0 aliphatic carbocycles. The van der Waals surface area contributed by atoms with Crippen molar-refractivity contribution in [3.8, 4) is 0 Å². The van der Waals surface area contributed by atoms with Crippen molar-refractivity contribution < 1.29 is 14.7 Å². The van der Waals surface area contributed by atoms with Gasteiger partial charge in [-0.05, 0) is 29.4 Å². The van der Waals surface area contributed by atoms with Crippen LogP contribution in [0.3, 0.4) is 0 Å². The second kappa shape index (κ2) is 6.75. The topological polar surface area (TPSA) is 66.4 Å². The Labute approximate surface area is 104 Å². The van der Waals surface area contributed by atoms with E-state index < -0.39 is 5.97 Å². The van der Waals surface area contributed by atoms with Gasteiger partial charge in [0.05, 0.1) is 5.56 Å². The van der Waals surface area contributed by atoms with Gasteiger partial charge in [-0.15, -0.1) is 11.8 Å². The Morgan fingerprint density at radius 3 is 2.53 bits per heavy atom. The highest BCUT2D eigenvalue weighted by Gasteiger charge is 2.02. The molecular formula is C12H13NO3S. The fourth-order valence-electron chi connectivity index (χ4n) is 1.14. The second-order valence-electron chi connectivity index (χ2n) is 3.26. The lowest BCUT2D eigenvalue weighted by molar-refractivity contribution is -0.116. The van der Waals surface area contributed by atoms with E-state index in [-0.39, 0.29) is 11.5 Å². The highest BCUT2D eigenvalue weighted by Crippen LogP contribution is 2.04. The van der Waals surface area contributed by atoms with Crippen LogP contribution in [0.2, 0.25) is 0 Å². The minimum Gasteiger partial charge on any atom is -0.478 e. The number of nitrogens with one attached hydrogen (secondary N) is 1. The average molecular weight is 251 g/mol. The molecule has 0 fully saturated rings. The molecule has 1 rings (SSSR count). The zero-order valence-electron chi connectivity index (χ0n) is 9.34. The van der Waals surface area contributed by atoms with Crippen molar-refractivity contribution in [2.75, 3.05) is 6.26 Å². The molecule has 0 saturated carbocycles. The molecule has 1 amide bonds. The van der Waals surface area contributed by atoms with E-state index in [1.807, 2.05) is 6.26 Å². The molecule has 0 heterocycles. The predicted molar refractivity (Wildman–Crippen MR) is 67.9 cm³/mol. The highest BCUT2D eigenvalue weighted by atomic mass is 32.2. The lowest BCUT2D eigenvalue weighted by Crippen LogP contribution is -2.20. The summed E-state index contributed by atoms with van der Waals surface area (Å²) >= 11 is 1.45. The molecule has 0 aliphatic rings. The summed E-state index contributed by atoms with van der Waals surface area (Å²) < 4.78 is 0. The molecule has 5 heteroatoms. The monoisotopic (exact) mass is 251 g/mol.